The Morgan fingerprint density at radius 3 is 2.65 bits per heavy atom. The Hall–Kier alpha value is -1.94. The molecule has 0 aliphatic rings. The summed E-state index contributed by atoms with van der Waals surface area (Å²) in [5.74, 6) is 0. The Morgan fingerprint density at radius 1 is 1.20 bits per heavy atom. The van der Waals surface area contributed by atoms with Gasteiger partial charge in [0.05, 0.1) is 29.1 Å². The van der Waals surface area contributed by atoms with Crippen LogP contribution in [0.15, 0.2) is 36.5 Å². The van der Waals surface area contributed by atoms with Crippen molar-refractivity contribution in [2.75, 3.05) is 10.6 Å². The third kappa shape index (κ3) is 3.33. The summed E-state index contributed by atoms with van der Waals surface area (Å²) in [7, 11) is 0. The summed E-state index contributed by atoms with van der Waals surface area (Å²) in [4.78, 5) is 4.47. The van der Waals surface area contributed by atoms with E-state index >= 15 is 0 Å². The Kier molecular flexibility index (Phi) is 5.07. The molecule has 1 aromatic carbocycles. The number of anilines is 2. The largest absolute Gasteiger partial charge is 0.378 e. The van der Waals surface area contributed by atoms with E-state index in [1.54, 1.807) is 0 Å². The number of nitrogens with one attached hydrogen (secondary N) is 2. The van der Waals surface area contributed by atoms with E-state index in [4.69, 9.17) is 12.2 Å². The molecule has 0 radical (unpaired) electrons. The van der Waals surface area contributed by atoms with Gasteiger partial charge in [-0.05, 0) is 42.7 Å². The number of nitrogens with zero attached hydrogens (tertiary/aromatic N) is 1. The van der Waals surface area contributed by atoms with Crippen LogP contribution >= 0.6 is 12.2 Å². The number of para-hydroxylation sites is 2. The van der Waals surface area contributed by atoms with E-state index in [9.17, 15) is 0 Å². The lowest BCUT2D eigenvalue weighted by atomic mass is 10.1. The maximum atomic E-state index is 4.85. The molecule has 1 heterocycles. The van der Waals surface area contributed by atoms with E-state index in [1.165, 1.54) is 16.6 Å². The number of hydrogen-bond donors (Lipinski definition) is 2. The van der Waals surface area contributed by atoms with Crippen LogP contribution in [0.25, 0.3) is 0 Å². The Balaban J connectivity index is 2.15. The Morgan fingerprint density at radius 2 is 1.95 bits per heavy atom. The minimum absolute atomic E-state index is 0.704. The quantitative estimate of drug-likeness (QED) is 0.788. The molecule has 2 aromatic rings. The second-order valence-corrected chi connectivity index (χ2v) is 4.79. The first-order valence-electron chi connectivity index (χ1n) is 6.72. The van der Waals surface area contributed by atoms with Crippen molar-refractivity contribution in [2.45, 2.75) is 26.8 Å². The maximum absolute atomic E-state index is 4.85. The molecule has 0 unspecified atom stereocenters. The Bertz CT molecular complexity index is 596. The van der Waals surface area contributed by atoms with Crippen LogP contribution in [0, 0.1) is 6.92 Å². The van der Waals surface area contributed by atoms with Crippen molar-refractivity contribution < 1.29 is 0 Å². The molecule has 2 rings (SSSR count). The van der Waals surface area contributed by atoms with Gasteiger partial charge in [-0.15, -0.1) is 0 Å². The summed E-state index contributed by atoms with van der Waals surface area (Å²) in [5.41, 5.74) is 7.22. The van der Waals surface area contributed by atoms with Gasteiger partial charge in [0.15, 0.2) is 0 Å². The molecule has 2 N–H and O–H groups in total. The number of thiocarbonyl (C=S) groups is 1. The predicted octanol–water partition coefficient (Wildman–Crippen LogP) is 3.93. The molecule has 0 saturated carbocycles. The van der Waals surface area contributed by atoms with Crippen LogP contribution in [0.2, 0.25) is 0 Å². The lowest BCUT2D eigenvalue weighted by molar-refractivity contribution is 0.979. The van der Waals surface area contributed by atoms with Crippen molar-refractivity contribution in [2.24, 2.45) is 0 Å². The van der Waals surface area contributed by atoms with Crippen molar-refractivity contribution in [3.8, 4) is 0 Å². The normalized spacial score (nSPS) is 10.1. The van der Waals surface area contributed by atoms with Gasteiger partial charge < -0.3 is 10.6 Å². The molecule has 0 saturated heterocycles. The highest BCUT2D eigenvalue weighted by atomic mass is 32.1. The van der Waals surface area contributed by atoms with Crippen LogP contribution in [-0.2, 0) is 13.0 Å². The SMILES string of the molecule is CCc1ccnc(CNc2ccccc2NC=S)c1C. The van der Waals surface area contributed by atoms with Crippen LogP contribution in [0.4, 0.5) is 11.4 Å². The van der Waals surface area contributed by atoms with Crippen LogP contribution in [-0.4, -0.2) is 10.5 Å². The standard InChI is InChI=1S/C16H19N3S/c1-3-13-8-9-17-16(12(13)2)10-18-14-6-4-5-7-15(14)19-11-20/h4-9,11,18H,3,10H2,1-2H3,(H,19,20). The van der Waals surface area contributed by atoms with Gasteiger partial charge in [-0.3, -0.25) is 4.98 Å². The fraction of sp³-hybridized carbons (Fsp3) is 0.250. The van der Waals surface area contributed by atoms with E-state index in [2.05, 4.69) is 35.5 Å². The number of hydrogen-bond acceptors (Lipinski definition) is 3. The molecule has 0 amide bonds. The first-order chi connectivity index (χ1) is 9.76. The zero-order valence-corrected chi connectivity index (χ0v) is 12.6. The lowest BCUT2D eigenvalue weighted by Crippen LogP contribution is -2.07. The second-order valence-electron chi connectivity index (χ2n) is 4.56. The Labute approximate surface area is 125 Å². The van der Waals surface area contributed by atoms with E-state index < -0.39 is 0 Å². The van der Waals surface area contributed by atoms with Crippen LogP contribution in [0.1, 0.15) is 23.7 Å². The topological polar surface area (TPSA) is 37.0 Å². The van der Waals surface area contributed by atoms with E-state index in [1.807, 2.05) is 30.5 Å². The van der Waals surface area contributed by atoms with Crippen molar-refractivity contribution in [3.63, 3.8) is 0 Å². The average Bonchev–Trinajstić information content (AvgIpc) is 2.48. The minimum atomic E-state index is 0.704. The summed E-state index contributed by atoms with van der Waals surface area (Å²) in [6, 6.07) is 10.1. The van der Waals surface area contributed by atoms with Crippen molar-refractivity contribution in [1.29, 1.82) is 0 Å². The van der Waals surface area contributed by atoms with Crippen LogP contribution in [0.5, 0.6) is 0 Å². The van der Waals surface area contributed by atoms with Crippen molar-refractivity contribution in [3.05, 3.63) is 53.3 Å². The monoisotopic (exact) mass is 285 g/mol. The molecule has 104 valence electrons. The van der Waals surface area contributed by atoms with Gasteiger partial charge in [0.2, 0.25) is 0 Å². The first kappa shape index (κ1) is 14.5. The number of benzene rings is 1. The maximum Gasteiger partial charge on any atom is 0.0659 e. The number of pyridine rings is 1. The molecular formula is C16H19N3S. The highest BCUT2D eigenvalue weighted by Crippen LogP contribution is 2.21. The van der Waals surface area contributed by atoms with Crippen LogP contribution < -0.4 is 10.6 Å². The van der Waals surface area contributed by atoms with Gasteiger partial charge >= 0.3 is 0 Å². The van der Waals surface area contributed by atoms with Gasteiger partial charge in [-0.25, -0.2) is 0 Å². The number of rotatable bonds is 6. The molecular weight excluding hydrogens is 266 g/mol. The molecule has 3 nitrogen and oxygen atoms in total. The molecule has 0 bridgehead atoms. The molecule has 0 atom stereocenters. The van der Waals surface area contributed by atoms with Gasteiger partial charge in [0.25, 0.3) is 0 Å². The van der Waals surface area contributed by atoms with Gasteiger partial charge in [0, 0.05) is 6.20 Å². The highest BCUT2D eigenvalue weighted by molar-refractivity contribution is 7.79. The summed E-state index contributed by atoms with van der Waals surface area (Å²) in [5, 5.41) is 6.47. The van der Waals surface area contributed by atoms with E-state index in [0.717, 1.165) is 23.5 Å². The predicted molar refractivity (Wildman–Crippen MR) is 89.4 cm³/mol. The van der Waals surface area contributed by atoms with Gasteiger partial charge in [0.1, 0.15) is 0 Å². The number of aryl methyl sites for hydroxylation is 1. The second kappa shape index (κ2) is 7.01. The fourth-order valence-electron chi connectivity index (χ4n) is 2.19. The first-order valence-corrected chi connectivity index (χ1v) is 7.19. The third-order valence-electron chi connectivity index (χ3n) is 3.39. The fourth-order valence-corrected chi connectivity index (χ4v) is 2.32. The van der Waals surface area contributed by atoms with Gasteiger partial charge in [-0.1, -0.05) is 31.3 Å². The zero-order valence-electron chi connectivity index (χ0n) is 11.8. The smallest absolute Gasteiger partial charge is 0.0659 e. The summed E-state index contributed by atoms with van der Waals surface area (Å²) in [6.07, 6.45) is 2.91. The van der Waals surface area contributed by atoms with E-state index in [0.29, 0.717) is 6.54 Å². The zero-order chi connectivity index (χ0) is 14.4. The molecule has 0 spiro atoms. The minimum Gasteiger partial charge on any atom is -0.378 e. The third-order valence-corrected chi connectivity index (χ3v) is 3.51. The molecule has 1 aromatic heterocycles. The van der Waals surface area contributed by atoms with Gasteiger partial charge in [-0.2, -0.15) is 0 Å². The molecule has 0 aliphatic carbocycles. The number of aromatic nitrogens is 1. The lowest BCUT2D eigenvalue weighted by Gasteiger charge is -2.13. The highest BCUT2D eigenvalue weighted by Gasteiger charge is 2.05. The average molecular weight is 285 g/mol. The molecule has 0 aliphatic heterocycles. The van der Waals surface area contributed by atoms with Crippen LogP contribution in [0.3, 0.4) is 0 Å². The summed E-state index contributed by atoms with van der Waals surface area (Å²) in [6.45, 7) is 5.00. The molecule has 0 fully saturated rings. The molecule has 4 heteroatoms. The van der Waals surface area contributed by atoms with E-state index in [-0.39, 0.29) is 0 Å². The van der Waals surface area contributed by atoms with Crippen molar-refractivity contribution >= 4 is 29.1 Å². The van der Waals surface area contributed by atoms with Crippen molar-refractivity contribution in [1.82, 2.24) is 4.98 Å². The summed E-state index contributed by atoms with van der Waals surface area (Å²) < 4.78 is 0. The molecule has 20 heavy (non-hydrogen) atoms. The summed E-state index contributed by atoms with van der Waals surface area (Å²) >= 11 is 4.85.